The number of hydrogen-bond acceptors (Lipinski definition) is 3. The zero-order valence-corrected chi connectivity index (χ0v) is 10.3. The number of aromatic nitrogens is 1. The topological polar surface area (TPSA) is 62.2 Å². The standard InChI is InChI=1S/C14H14N2O2/c1-9-3-4-12(10(2)7-9)16-14(18)11-5-6-15-8-13(11)17/h3-8,17H,1-2H3,(H,16,18). The molecule has 1 aromatic carbocycles. The van der Waals surface area contributed by atoms with E-state index in [1.807, 2.05) is 32.0 Å². The molecule has 0 saturated carbocycles. The van der Waals surface area contributed by atoms with Gasteiger partial charge in [-0.25, -0.2) is 0 Å². The largest absolute Gasteiger partial charge is 0.505 e. The van der Waals surface area contributed by atoms with E-state index in [1.54, 1.807) is 0 Å². The van der Waals surface area contributed by atoms with E-state index < -0.39 is 0 Å². The maximum atomic E-state index is 12.0. The molecule has 1 heterocycles. The number of anilines is 1. The second-order valence-electron chi connectivity index (χ2n) is 4.17. The predicted molar refractivity (Wildman–Crippen MR) is 69.8 cm³/mol. The van der Waals surface area contributed by atoms with Crippen molar-refractivity contribution in [1.29, 1.82) is 0 Å². The summed E-state index contributed by atoms with van der Waals surface area (Å²) in [5.74, 6) is -0.471. The molecule has 18 heavy (non-hydrogen) atoms. The lowest BCUT2D eigenvalue weighted by molar-refractivity contribution is 0.102. The van der Waals surface area contributed by atoms with Crippen LogP contribution >= 0.6 is 0 Å². The van der Waals surface area contributed by atoms with Crippen LogP contribution in [0.1, 0.15) is 21.5 Å². The van der Waals surface area contributed by atoms with E-state index in [0.717, 1.165) is 16.8 Å². The fourth-order valence-corrected chi connectivity index (χ4v) is 1.72. The Balaban J connectivity index is 2.24. The smallest absolute Gasteiger partial charge is 0.259 e. The highest BCUT2D eigenvalue weighted by Gasteiger charge is 2.11. The van der Waals surface area contributed by atoms with Gasteiger partial charge in [0.1, 0.15) is 5.75 Å². The molecule has 0 bridgehead atoms. The van der Waals surface area contributed by atoms with Crippen LogP contribution in [-0.4, -0.2) is 16.0 Å². The summed E-state index contributed by atoms with van der Waals surface area (Å²) in [6.07, 6.45) is 2.72. The van der Waals surface area contributed by atoms with E-state index in [4.69, 9.17) is 0 Å². The Kier molecular flexibility index (Phi) is 3.28. The molecule has 0 aliphatic carbocycles. The molecule has 4 nitrogen and oxygen atoms in total. The summed E-state index contributed by atoms with van der Waals surface area (Å²) in [5, 5.41) is 12.3. The van der Waals surface area contributed by atoms with Crippen LogP contribution in [0.4, 0.5) is 5.69 Å². The molecule has 4 heteroatoms. The summed E-state index contributed by atoms with van der Waals surface area (Å²) in [5.41, 5.74) is 3.07. The Labute approximate surface area is 105 Å². The Morgan fingerprint density at radius 3 is 2.72 bits per heavy atom. The monoisotopic (exact) mass is 242 g/mol. The van der Waals surface area contributed by atoms with Crippen molar-refractivity contribution in [2.75, 3.05) is 5.32 Å². The van der Waals surface area contributed by atoms with E-state index in [9.17, 15) is 9.90 Å². The quantitative estimate of drug-likeness (QED) is 0.851. The third kappa shape index (κ3) is 2.48. The van der Waals surface area contributed by atoms with Gasteiger partial charge in [-0.2, -0.15) is 0 Å². The zero-order chi connectivity index (χ0) is 13.1. The number of pyridine rings is 1. The number of nitrogens with zero attached hydrogens (tertiary/aromatic N) is 1. The summed E-state index contributed by atoms with van der Waals surface area (Å²) in [6, 6.07) is 7.24. The van der Waals surface area contributed by atoms with Crippen LogP contribution in [0.3, 0.4) is 0 Å². The van der Waals surface area contributed by atoms with Gasteiger partial charge in [0.05, 0.1) is 11.8 Å². The molecule has 1 aromatic heterocycles. The van der Waals surface area contributed by atoms with Crippen LogP contribution in [0.15, 0.2) is 36.7 Å². The van der Waals surface area contributed by atoms with Crippen molar-refractivity contribution in [2.45, 2.75) is 13.8 Å². The molecule has 92 valence electrons. The molecule has 0 radical (unpaired) electrons. The van der Waals surface area contributed by atoms with Crippen molar-refractivity contribution in [1.82, 2.24) is 4.98 Å². The van der Waals surface area contributed by atoms with Crippen LogP contribution in [-0.2, 0) is 0 Å². The summed E-state index contributed by atoms with van der Waals surface area (Å²) in [6.45, 7) is 3.92. The minimum atomic E-state index is -0.346. The number of benzene rings is 1. The van der Waals surface area contributed by atoms with Gasteiger partial charge in [0.15, 0.2) is 0 Å². The minimum absolute atomic E-state index is 0.125. The molecule has 2 aromatic rings. The van der Waals surface area contributed by atoms with E-state index in [0.29, 0.717) is 0 Å². The van der Waals surface area contributed by atoms with Crippen molar-refractivity contribution < 1.29 is 9.90 Å². The highest BCUT2D eigenvalue weighted by Crippen LogP contribution is 2.19. The highest BCUT2D eigenvalue weighted by molar-refractivity contribution is 6.06. The summed E-state index contributed by atoms with van der Waals surface area (Å²) < 4.78 is 0. The third-order valence-electron chi connectivity index (χ3n) is 2.67. The van der Waals surface area contributed by atoms with Crippen molar-refractivity contribution >= 4 is 11.6 Å². The molecule has 0 saturated heterocycles. The number of carbonyl (C=O) groups is 1. The number of aryl methyl sites for hydroxylation is 2. The van der Waals surface area contributed by atoms with E-state index in [2.05, 4.69) is 10.3 Å². The first-order chi connectivity index (χ1) is 8.58. The van der Waals surface area contributed by atoms with Gasteiger partial charge in [-0.15, -0.1) is 0 Å². The fourth-order valence-electron chi connectivity index (χ4n) is 1.72. The van der Waals surface area contributed by atoms with Crippen molar-refractivity contribution in [3.05, 3.63) is 53.3 Å². The van der Waals surface area contributed by atoms with Gasteiger partial charge in [-0.1, -0.05) is 17.7 Å². The van der Waals surface area contributed by atoms with Gasteiger partial charge in [0, 0.05) is 11.9 Å². The van der Waals surface area contributed by atoms with Crippen LogP contribution in [0, 0.1) is 13.8 Å². The molecule has 0 atom stereocenters. The normalized spacial score (nSPS) is 10.1. The van der Waals surface area contributed by atoms with Gasteiger partial charge in [0.25, 0.3) is 5.91 Å². The Morgan fingerprint density at radius 2 is 2.06 bits per heavy atom. The molecule has 2 N–H and O–H groups in total. The Bertz CT molecular complexity index is 594. The number of aromatic hydroxyl groups is 1. The third-order valence-corrected chi connectivity index (χ3v) is 2.67. The lowest BCUT2D eigenvalue weighted by Gasteiger charge is -2.09. The molecular formula is C14H14N2O2. The molecule has 2 rings (SSSR count). The van der Waals surface area contributed by atoms with Crippen molar-refractivity contribution in [3.8, 4) is 5.75 Å². The molecule has 1 amide bonds. The first-order valence-electron chi connectivity index (χ1n) is 5.59. The first-order valence-corrected chi connectivity index (χ1v) is 5.59. The Morgan fingerprint density at radius 1 is 1.28 bits per heavy atom. The van der Waals surface area contributed by atoms with Crippen LogP contribution in [0.2, 0.25) is 0 Å². The van der Waals surface area contributed by atoms with E-state index in [1.165, 1.54) is 18.5 Å². The SMILES string of the molecule is Cc1ccc(NC(=O)c2ccncc2O)c(C)c1. The van der Waals surface area contributed by atoms with E-state index in [-0.39, 0.29) is 17.2 Å². The van der Waals surface area contributed by atoms with Gasteiger partial charge >= 0.3 is 0 Å². The van der Waals surface area contributed by atoms with Crippen molar-refractivity contribution in [2.24, 2.45) is 0 Å². The molecule has 0 aliphatic heterocycles. The summed E-state index contributed by atoms with van der Waals surface area (Å²) in [7, 11) is 0. The van der Waals surface area contributed by atoms with Gasteiger partial charge in [0.2, 0.25) is 0 Å². The lowest BCUT2D eigenvalue weighted by Crippen LogP contribution is -2.13. The lowest BCUT2D eigenvalue weighted by atomic mass is 10.1. The first kappa shape index (κ1) is 12.1. The van der Waals surface area contributed by atoms with E-state index >= 15 is 0 Å². The van der Waals surface area contributed by atoms with Crippen LogP contribution in [0.5, 0.6) is 5.75 Å². The molecule has 0 unspecified atom stereocenters. The predicted octanol–water partition coefficient (Wildman–Crippen LogP) is 2.66. The molecule has 0 fully saturated rings. The molecule has 0 aliphatic rings. The van der Waals surface area contributed by atoms with Crippen LogP contribution < -0.4 is 5.32 Å². The van der Waals surface area contributed by atoms with Gasteiger partial charge < -0.3 is 10.4 Å². The average molecular weight is 242 g/mol. The maximum absolute atomic E-state index is 12.0. The highest BCUT2D eigenvalue weighted by atomic mass is 16.3. The number of amides is 1. The zero-order valence-electron chi connectivity index (χ0n) is 10.3. The summed E-state index contributed by atoms with van der Waals surface area (Å²) >= 11 is 0. The minimum Gasteiger partial charge on any atom is -0.505 e. The molecule has 0 spiro atoms. The van der Waals surface area contributed by atoms with Crippen LogP contribution in [0.25, 0.3) is 0 Å². The second kappa shape index (κ2) is 4.87. The second-order valence-corrected chi connectivity index (χ2v) is 4.17. The number of carbonyl (C=O) groups excluding carboxylic acids is 1. The summed E-state index contributed by atoms with van der Waals surface area (Å²) in [4.78, 5) is 15.7. The number of nitrogens with one attached hydrogen (secondary N) is 1. The van der Waals surface area contributed by atoms with Gasteiger partial charge in [-0.05, 0) is 31.5 Å². The maximum Gasteiger partial charge on any atom is 0.259 e. The fraction of sp³-hybridized carbons (Fsp3) is 0.143. The van der Waals surface area contributed by atoms with Gasteiger partial charge in [-0.3, -0.25) is 9.78 Å². The Hall–Kier alpha value is -2.36. The average Bonchev–Trinajstić information content (AvgIpc) is 2.33. The number of hydrogen-bond donors (Lipinski definition) is 2. The molecular weight excluding hydrogens is 228 g/mol. The van der Waals surface area contributed by atoms with Crippen molar-refractivity contribution in [3.63, 3.8) is 0 Å². The number of rotatable bonds is 2.